The molecule has 0 radical (unpaired) electrons. The van der Waals surface area contributed by atoms with E-state index in [9.17, 15) is 5.11 Å². The van der Waals surface area contributed by atoms with E-state index in [1.807, 2.05) is 37.3 Å². The van der Waals surface area contributed by atoms with Crippen molar-refractivity contribution in [1.29, 1.82) is 0 Å². The summed E-state index contributed by atoms with van der Waals surface area (Å²) < 4.78 is 0. The fourth-order valence-electron chi connectivity index (χ4n) is 1.56. The van der Waals surface area contributed by atoms with E-state index in [-0.39, 0.29) is 6.04 Å². The minimum atomic E-state index is -0.432. The normalized spacial score (nSPS) is 15.5. The fraction of sp³-hybridized carbons (Fsp3) is 0.500. The number of nitrogens with one attached hydrogen (secondary N) is 1. The van der Waals surface area contributed by atoms with E-state index in [0.29, 0.717) is 6.04 Å². The van der Waals surface area contributed by atoms with Crippen LogP contribution in [0, 0.1) is 0 Å². The van der Waals surface area contributed by atoms with Crippen LogP contribution in [0.4, 0.5) is 0 Å². The molecule has 78 valence electrons. The molecule has 0 aromatic heterocycles. The molecule has 0 aliphatic heterocycles. The number of aliphatic hydroxyl groups excluding tert-OH is 1. The standard InChI is InChI=1S/C12H19NO/c1-9(2)13-10(3)12(14)11-7-5-4-6-8-11/h4-10,12-14H,1-3H3/t10-,12-/m0/s1. The largest absolute Gasteiger partial charge is 0.387 e. The van der Waals surface area contributed by atoms with Crippen LogP contribution in [-0.2, 0) is 0 Å². The van der Waals surface area contributed by atoms with Crippen LogP contribution < -0.4 is 5.32 Å². The van der Waals surface area contributed by atoms with Crippen LogP contribution >= 0.6 is 0 Å². The first kappa shape index (κ1) is 11.2. The Bertz CT molecular complexity index is 258. The van der Waals surface area contributed by atoms with Crippen LogP contribution in [0.5, 0.6) is 0 Å². The predicted octanol–water partition coefficient (Wildman–Crippen LogP) is 2.11. The third-order valence-electron chi connectivity index (χ3n) is 2.21. The van der Waals surface area contributed by atoms with E-state index in [0.717, 1.165) is 5.56 Å². The molecule has 1 aromatic carbocycles. The zero-order valence-corrected chi connectivity index (χ0v) is 9.07. The Morgan fingerprint density at radius 1 is 1.07 bits per heavy atom. The summed E-state index contributed by atoms with van der Waals surface area (Å²) in [4.78, 5) is 0. The van der Waals surface area contributed by atoms with Crippen molar-refractivity contribution in [3.8, 4) is 0 Å². The minimum Gasteiger partial charge on any atom is -0.387 e. The van der Waals surface area contributed by atoms with Crippen molar-refractivity contribution in [2.45, 2.75) is 39.0 Å². The van der Waals surface area contributed by atoms with Crippen LogP contribution in [0.2, 0.25) is 0 Å². The zero-order valence-electron chi connectivity index (χ0n) is 9.07. The number of benzene rings is 1. The van der Waals surface area contributed by atoms with Crippen LogP contribution in [0.1, 0.15) is 32.4 Å². The van der Waals surface area contributed by atoms with Gasteiger partial charge in [0, 0.05) is 12.1 Å². The van der Waals surface area contributed by atoms with Gasteiger partial charge in [-0.1, -0.05) is 44.2 Å². The molecule has 0 saturated heterocycles. The van der Waals surface area contributed by atoms with Crippen LogP contribution in [-0.4, -0.2) is 17.2 Å². The second-order valence-electron chi connectivity index (χ2n) is 3.97. The van der Waals surface area contributed by atoms with Gasteiger partial charge in [0.1, 0.15) is 0 Å². The van der Waals surface area contributed by atoms with E-state index >= 15 is 0 Å². The van der Waals surface area contributed by atoms with Gasteiger partial charge >= 0.3 is 0 Å². The molecular weight excluding hydrogens is 174 g/mol. The summed E-state index contributed by atoms with van der Waals surface area (Å²) >= 11 is 0. The molecule has 0 amide bonds. The Balaban J connectivity index is 2.61. The quantitative estimate of drug-likeness (QED) is 0.767. The SMILES string of the molecule is CC(C)N[C@@H](C)[C@H](O)c1ccccc1. The minimum absolute atomic E-state index is 0.0809. The fourth-order valence-corrected chi connectivity index (χ4v) is 1.56. The van der Waals surface area contributed by atoms with Gasteiger partial charge in [-0.05, 0) is 12.5 Å². The molecule has 0 bridgehead atoms. The maximum atomic E-state index is 9.98. The van der Waals surface area contributed by atoms with E-state index in [4.69, 9.17) is 0 Å². The van der Waals surface area contributed by atoms with Crippen molar-refractivity contribution in [1.82, 2.24) is 5.32 Å². The monoisotopic (exact) mass is 193 g/mol. The molecular formula is C12H19NO. The third kappa shape index (κ3) is 3.13. The molecule has 0 unspecified atom stereocenters. The summed E-state index contributed by atoms with van der Waals surface area (Å²) in [7, 11) is 0. The average Bonchev–Trinajstić information content (AvgIpc) is 2.17. The maximum Gasteiger partial charge on any atom is 0.0940 e. The van der Waals surface area contributed by atoms with Gasteiger partial charge in [0.05, 0.1) is 6.10 Å². The summed E-state index contributed by atoms with van der Waals surface area (Å²) in [6.07, 6.45) is -0.432. The smallest absolute Gasteiger partial charge is 0.0940 e. The number of aliphatic hydroxyl groups is 1. The highest BCUT2D eigenvalue weighted by molar-refractivity contribution is 5.18. The Kier molecular flexibility index (Phi) is 4.11. The molecule has 0 heterocycles. The van der Waals surface area contributed by atoms with Crippen molar-refractivity contribution in [2.75, 3.05) is 0 Å². The average molecular weight is 193 g/mol. The molecule has 2 N–H and O–H groups in total. The molecule has 2 atom stereocenters. The number of rotatable bonds is 4. The zero-order chi connectivity index (χ0) is 10.6. The lowest BCUT2D eigenvalue weighted by Gasteiger charge is -2.22. The molecule has 0 spiro atoms. The van der Waals surface area contributed by atoms with Gasteiger partial charge < -0.3 is 10.4 Å². The van der Waals surface area contributed by atoms with Gasteiger partial charge in [-0.25, -0.2) is 0 Å². The lowest BCUT2D eigenvalue weighted by atomic mass is 10.0. The van der Waals surface area contributed by atoms with Crippen LogP contribution in [0.25, 0.3) is 0 Å². The first-order valence-corrected chi connectivity index (χ1v) is 5.10. The summed E-state index contributed by atoms with van der Waals surface area (Å²) in [5, 5.41) is 13.3. The van der Waals surface area contributed by atoms with Crippen molar-refractivity contribution >= 4 is 0 Å². The van der Waals surface area contributed by atoms with Crippen LogP contribution in [0.3, 0.4) is 0 Å². The van der Waals surface area contributed by atoms with Crippen molar-refractivity contribution < 1.29 is 5.11 Å². The van der Waals surface area contributed by atoms with Gasteiger partial charge in [0.2, 0.25) is 0 Å². The highest BCUT2D eigenvalue weighted by Gasteiger charge is 2.15. The van der Waals surface area contributed by atoms with Gasteiger partial charge in [0.25, 0.3) is 0 Å². The Morgan fingerprint density at radius 2 is 1.64 bits per heavy atom. The third-order valence-corrected chi connectivity index (χ3v) is 2.21. The summed E-state index contributed by atoms with van der Waals surface area (Å²) in [6, 6.07) is 10.2. The lowest BCUT2D eigenvalue weighted by Crippen LogP contribution is -2.36. The molecule has 2 nitrogen and oxygen atoms in total. The molecule has 1 rings (SSSR count). The van der Waals surface area contributed by atoms with Gasteiger partial charge in [-0.2, -0.15) is 0 Å². The van der Waals surface area contributed by atoms with E-state index in [1.165, 1.54) is 0 Å². The maximum absolute atomic E-state index is 9.98. The Labute approximate surface area is 86.0 Å². The van der Waals surface area contributed by atoms with E-state index in [1.54, 1.807) is 0 Å². The number of hydrogen-bond donors (Lipinski definition) is 2. The molecule has 2 heteroatoms. The van der Waals surface area contributed by atoms with Gasteiger partial charge in [0.15, 0.2) is 0 Å². The predicted molar refractivity (Wildman–Crippen MR) is 59.1 cm³/mol. The molecule has 0 fully saturated rings. The first-order valence-electron chi connectivity index (χ1n) is 5.10. The topological polar surface area (TPSA) is 32.3 Å². The summed E-state index contributed by atoms with van der Waals surface area (Å²) in [5.74, 6) is 0. The Hall–Kier alpha value is -0.860. The first-order chi connectivity index (χ1) is 6.61. The number of hydrogen-bond acceptors (Lipinski definition) is 2. The Morgan fingerprint density at radius 3 is 2.14 bits per heavy atom. The molecule has 0 aliphatic rings. The van der Waals surface area contributed by atoms with E-state index in [2.05, 4.69) is 19.2 Å². The van der Waals surface area contributed by atoms with Crippen molar-refractivity contribution in [3.63, 3.8) is 0 Å². The van der Waals surface area contributed by atoms with Gasteiger partial charge in [-0.3, -0.25) is 0 Å². The molecule has 0 saturated carbocycles. The second kappa shape index (κ2) is 5.13. The molecule has 14 heavy (non-hydrogen) atoms. The summed E-state index contributed by atoms with van der Waals surface area (Å²) in [6.45, 7) is 6.15. The van der Waals surface area contributed by atoms with Crippen LogP contribution in [0.15, 0.2) is 30.3 Å². The highest BCUT2D eigenvalue weighted by Crippen LogP contribution is 2.16. The highest BCUT2D eigenvalue weighted by atomic mass is 16.3. The van der Waals surface area contributed by atoms with Gasteiger partial charge in [-0.15, -0.1) is 0 Å². The van der Waals surface area contributed by atoms with E-state index < -0.39 is 6.10 Å². The molecule has 0 aliphatic carbocycles. The molecule has 1 aromatic rings. The second-order valence-corrected chi connectivity index (χ2v) is 3.97. The lowest BCUT2D eigenvalue weighted by molar-refractivity contribution is 0.132. The van der Waals surface area contributed by atoms with Crippen molar-refractivity contribution in [3.05, 3.63) is 35.9 Å². The summed E-state index contributed by atoms with van der Waals surface area (Å²) in [5.41, 5.74) is 0.966. The van der Waals surface area contributed by atoms with Crippen molar-refractivity contribution in [2.24, 2.45) is 0 Å².